The molecule has 0 aliphatic carbocycles. The van der Waals surface area contributed by atoms with E-state index in [4.69, 9.17) is 0 Å². The summed E-state index contributed by atoms with van der Waals surface area (Å²) in [4.78, 5) is 11.6. The zero-order chi connectivity index (χ0) is 11.8. The number of nitrogens with one attached hydrogen (secondary N) is 2. The van der Waals surface area contributed by atoms with Crippen molar-refractivity contribution in [2.75, 3.05) is 0 Å². The molecule has 2 atom stereocenters. The highest BCUT2D eigenvalue weighted by molar-refractivity contribution is 9.10. The van der Waals surface area contributed by atoms with E-state index in [2.05, 4.69) is 44.0 Å². The van der Waals surface area contributed by atoms with Gasteiger partial charge in [0.15, 0.2) is 0 Å². The molecule has 0 saturated carbocycles. The van der Waals surface area contributed by atoms with E-state index in [1.165, 1.54) is 0 Å². The molecule has 3 rings (SSSR count). The minimum Gasteiger partial charge on any atom is -0.283 e. The van der Waals surface area contributed by atoms with Crippen LogP contribution in [0.4, 0.5) is 0 Å². The Labute approximate surface area is 107 Å². The quantitative estimate of drug-likeness (QED) is 0.817. The maximum Gasteiger partial charge on any atom is 0.264 e. The van der Waals surface area contributed by atoms with Gasteiger partial charge < -0.3 is 0 Å². The van der Waals surface area contributed by atoms with Crippen molar-refractivity contribution >= 4 is 28.2 Å². The largest absolute Gasteiger partial charge is 0.283 e. The van der Waals surface area contributed by atoms with Crippen molar-refractivity contribution < 1.29 is 4.79 Å². The summed E-state index contributed by atoms with van der Waals surface area (Å²) in [5.74, 6) is -0.0579. The Morgan fingerprint density at radius 3 is 3.12 bits per heavy atom. The van der Waals surface area contributed by atoms with Crippen LogP contribution in [0.25, 0.3) is 0 Å². The fraction of sp³-hybridized carbons (Fsp3) is 0.273. The minimum absolute atomic E-state index is 0.0579. The SMILES string of the molecule is O=C1NN=CN2NC(c3cccc(Br)c3)CC12. The van der Waals surface area contributed by atoms with E-state index in [-0.39, 0.29) is 18.0 Å². The van der Waals surface area contributed by atoms with Gasteiger partial charge >= 0.3 is 0 Å². The van der Waals surface area contributed by atoms with Gasteiger partial charge in [-0.25, -0.2) is 10.9 Å². The fourth-order valence-corrected chi connectivity index (χ4v) is 2.59. The maximum absolute atomic E-state index is 11.6. The summed E-state index contributed by atoms with van der Waals surface area (Å²) in [6.07, 6.45) is 2.36. The highest BCUT2D eigenvalue weighted by atomic mass is 79.9. The third kappa shape index (κ3) is 1.94. The summed E-state index contributed by atoms with van der Waals surface area (Å²) >= 11 is 3.45. The fourth-order valence-electron chi connectivity index (χ4n) is 2.17. The first kappa shape index (κ1) is 10.7. The Morgan fingerprint density at radius 1 is 1.47 bits per heavy atom. The highest BCUT2D eigenvalue weighted by Crippen LogP contribution is 2.29. The lowest BCUT2D eigenvalue weighted by atomic mass is 10.0. The predicted octanol–water partition coefficient (Wildman–Crippen LogP) is 1.14. The van der Waals surface area contributed by atoms with Crippen molar-refractivity contribution in [3.63, 3.8) is 0 Å². The lowest BCUT2D eigenvalue weighted by Crippen LogP contribution is -2.48. The first-order chi connectivity index (χ1) is 8.24. The number of rotatable bonds is 1. The summed E-state index contributed by atoms with van der Waals surface area (Å²) in [6.45, 7) is 0. The van der Waals surface area contributed by atoms with Gasteiger partial charge in [-0.2, -0.15) is 5.10 Å². The van der Waals surface area contributed by atoms with Gasteiger partial charge in [0, 0.05) is 4.47 Å². The third-order valence-electron chi connectivity index (χ3n) is 3.01. The van der Waals surface area contributed by atoms with Gasteiger partial charge in [0.05, 0.1) is 6.04 Å². The molecule has 17 heavy (non-hydrogen) atoms. The van der Waals surface area contributed by atoms with Crippen molar-refractivity contribution in [2.24, 2.45) is 5.10 Å². The van der Waals surface area contributed by atoms with Crippen LogP contribution in [0.2, 0.25) is 0 Å². The van der Waals surface area contributed by atoms with Gasteiger partial charge in [-0.1, -0.05) is 28.1 Å². The van der Waals surface area contributed by atoms with Crippen LogP contribution >= 0.6 is 15.9 Å². The molecule has 0 spiro atoms. The van der Waals surface area contributed by atoms with E-state index in [0.717, 1.165) is 16.5 Å². The maximum atomic E-state index is 11.6. The lowest BCUT2D eigenvalue weighted by Gasteiger charge is -2.23. The Kier molecular flexibility index (Phi) is 2.60. The molecule has 2 unspecified atom stereocenters. The zero-order valence-corrected chi connectivity index (χ0v) is 10.5. The van der Waals surface area contributed by atoms with Crippen LogP contribution in [0.5, 0.6) is 0 Å². The molecule has 2 N–H and O–H groups in total. The van der Waals surface area contributed by atoms with Gasteiger partial charge in [-0.15, -0.1) is 0 Å². The zero-order valence-electron chi connectivity index (χ0n) is 8.93. The summed E-state index contributed by atoms with van der Waals surface area (Å²) in [6, 6.07) is 8.07. The number of nitrogens with zero attached hydrogens (tertiary/aromatic N) is 2. The third-order valence-corrected chi connectivity index (χ3v) is 3.50. The molecular formula is C11H11BrN4O. The number of halogens is 1. The van der Waals surface area contributed by atoms with Crippen molar-refractivity contribution in [3.8, 4) is 0 Å². The average molecular weight is 295 g/mol. The first-order valence-electron chi connectivity index (χ1n) is 5.37. The number of hydrogen-bond acceptors (Lipinski definition) is 4. The minimum atomic E-state index is -0.170. The molecule has 1 fully saturated rings. The summed E-state index contributed by atoms with van der Waals surface area (Å²) < 4.78 is 1.04. The number of hydrogen-bond donors (Lipinski definition) is 2. The molecule has 2 aliphatic heterocycles. The molecule has 88 valence electrons. The molecule has 2 aliphatic rings. The van der Waals surface area contributed by atoms with E-state index < -0.39 is 0 Å². The van der Waals surface area contributed by atoms with E-state index in [9.17, 15) is 4.79 Å². The molecule has 6 heteroatoms. The van der Waals surface area contributed by atoms with Crippen molar-refractivity contribution in [3.05, 3.63) is 34.3 Å². The Morgan fingerprint density at radius 2 is 2.35 bits per heavy atom. The van der Waals surface area contributed by atoms with Crippen LogP contribution in [0.15, 0.2) is 33.8 Å². The molecule has 0 aromatic heterocycles. The monoisotopic (exact) mass is 294 g/mol. The van der Waals surface area contributed by atoms with Gasteiger partial charge in [0.2, 0.25) is 0 Å². The van der Waals surface area contributed by atoms with Gasteiger partial charge in [0.1, 0.15) is 12.4 Å². The van der Waals surface area contributed by atoms with E-state index in [1.54, 1.807) is 11.3 Å². The highest BCUT2D eigenvalue weighted by Gasteiger charge is 2.37. The van der Waals surface area contributed by atoms with Crippen LogP contribution in [-0.2, 0) is 4.79 Å². The first-order valence-corrected chi connectivity index (χ1v) is 6.16. The second kappa shape index (κ2) is 4.12. The Balaban J connectivity index is 1.84. The van der Waals surface area contributed by atoms with E-state index in [0.29, 0.717) is 0 Å². The van der Waals surface area contributed by atoms with Crippen molar-refractivity contribution in [1.29, 1.82) is 0 Å². The average Bonchev–Trinajstić information content (AvgIpc) is 2.74. The van der Waals surface area contributed by atoms with E-state index in [1.807, 2.05) is 12.1 Å². The second-order valence-electron chi connectivity index (χ2n) is 4.12. The molecule has 1 saturated heterocycles. The molecule has 0 bridgehead atoms. The summed E-state index contributed by atoms with van der Waals surface area (Å²) in [5.41, 5.74) is 6.91. The van der Waals surface area contributed by atoms with E-state index >= 15 is 0 Å². The molecule has 1 aromatic carbocycles. The van der Waals surface area contributed by atoms with Crippen LogP contribution in [0, 0.1) is 0 Å². The lowest BCUT2D eigenvalue weighted by molar-refractivity contribution is -0.125. The number of hydrazone groups is 1. The second-order valence-corrected chi connectivity index (χ2v) is 5.03. The normalized spacial score (nSPS) is 26.9. The number of carbonyl (C=O) groups excluding carboxylic acids is 1. The van der Waals surface area contributed by atoms with Gasteiger partial charge in [-0.3, -0.25) is 9.80 Å². The number of amides is 1. The molecule has 1 aromatic rings. The van der Waals surface area contributed by atoms with Crippen LogP contribution in [0.1, 0.15) is 18.0 Å². The number of benzene rings is 1. The molecule has 5 nitrogen and oxygen atoms in total. The Bertz CT molecular complexity index is 490. The van der Waals surface area contributed by atoms with Crippen LogP contribution in [0.3, 0.4) is 0 Å². The van der Waals surface area contributed by atoms with Gasteiger partial charge in [-0.05, 0) is 24.1 Å². The topological polar surface area (TPSA) is 56.7 Å². The number of fused-ring (bicyclic) bond motifs is 1. The predicted molar refractivity (Wildman–Crippen MR) is 66.9 cm³/mol. The number of hydrazine groups is 1. The smallest absolute Gasteiger partial charge is 0.264 e. The summed E-state index contributed by atoms with van der Waals surface area (Å²) in [5, 5.41) is 5.54. The standard InChI is InChI=1S/C11H11BrN4O/c12-8-3-1-2-7(4-8)9-5-10-11(17)14-13-6-16(10)15-9/h1-4,6,9-10,15H,5H2,(H,14,17). The van der Waals surface area contributed by atoms with Crippen LogP contribution < -0.4 is 10.9 Å². The Hall–Kier alpha value is -1.40. The van der Waals surface area contributed by atoms with Crippen molar-refractivity contribution in [2.45, 2.75) is 18.5 Å². The number of carbonyl (C=O) groups is 1. The molecule has 1 amide bonds. The molecular weight excluding hydrogens is 284 g/mol. The van der Waals surface area contributed by atoms with Crippen LogP contribution in [-0.4, -0.2) is 23.3 Å². The molecule has 2 heterocycles. The molecule has 0 radical (unpaired) electrons. The van der Waals surface area contributed by atoms with Crippen molar-refractivity contribution in [1.82, 2.24) is 15.9 Å². The van der Waals surface area contributed by atoms with Gasteiger partial charge in [0.25, 0.3) is 5.91 Å². The summed E-state index contributed by atoms with van der Waals surface area (Å²) in [7, 11) is 0.